The highest BCUT2D eigenvalue weighted by atomic mass is 16.5. The molecule has 20 heavy (non-hydrogen) atoms. The van der Waals surface area contributed by atoms with Gasteiger partial charge in [-0.2, -0.15) is 0 Å². The van der Waals surface area contributed by atoms with E-state index in [1.165, 1.54) is 15.5 Å². The highest BCUT2D eigenvalue weighted by Crippen LogP contribution is 2.02. The number of fused-ring (bicyclic) bond motifs is 1. The Morgan fingerprint density at radius 1 is 1.25 bits per heavy atom. The van der Waals surface area contributed by atoms with E-state index in [4.69, 9.17) is 4.74 Å². The average molecular weight is 280 g/mol. The van der Waals surface area contributed by atoms with Gasteiger partial charge in [-0.3, -0.25) is 13.9 Å². The number of hydrogen-bond acceptors (Lipinski definition) is 4. The molecule has 0 saturated heterocycles. The van der Waals surface area contributed by atoms with E-state index in [1.54, 1.807) is 18.7 Å². The van der Waals surface area contributed by atoms with Crippen molar-refractivity contribution < 1.29 is 4.74 Å². The van der Waals surface area contributed by atoms with Gasteiger partial charge in [-0.15, -0.1) is 0 Å². The molecule has 0 bridgehead atoms. The van der Waals surface area contributed by atoms with Crippen LogP contribution in [0.2, 0.25) is 0 Å². The van der Waals surface area contributed by atoms with Gasteiger partial charge in [0.1, 0.15) is 0 Å². The minimum atomic E-state index is -0.361. The summed E-state index contributed by atoms with van der Waals surface area (Å²) in [5.74, 6) is 0. The first-order chi connectivity index (χ1) is 9.57. The van der Waals surface area contributed by atoms with Gasteiger partial charge in [-0.1, -0.05) is 13.3 Å². The first kappa shape index (κ1) is 14.5. The van der Waals surface area contributed by atoms with Crippen molar-refractivity contribution in [3.05, 3.63) is 27.2 Å². The number of ether oxygens (including phenoxy) is 1. The SMILES string of the molecule is CCCCOCCn1c(=O)c2c(ncn2C)n(C)c1=O. The predicted molar refractivity (Wildman–Crippen MR) is 75.9 cm³/mol. The van der Waals surface area contributed by atoms with Gasteiger partial charge < -0.3 is 9.30 Å². The number of nitrogens with zero attached hydrogens (tertiary/aromatic N) is 4. The Labute approximate surface area is 116 Å². The molecule has 0 amide bonds. The summed E-state index contributed by atoms with van der Waals surface area (Å²) in [6.07, 6.45) is 3.57. The van der Waals surface area contributed by atoms with E-state index in [9.17, 15) is 9.59 Å². The molecule has 0 radical (unpaired) electrons. The number of rotatable bonds is 6. The van der Waals surface area contributed by atoms with Crippen LogP contribution in [0.5, 0.6) is 0 Å². The van der Waals surface area contributed by atoms with Crippen LogP contribution in [0.1, 0.15) is 19.8 Å². The molecule has 0 aliphatic carbocycles. The number of imidazole rings is 1. The van der Waals surface area contributed by atoms with E-state index in [2.05, 4.69) is 11.9 Å². The molecule has 0 saturated carbocycles. The third kappa shape index (κ3) is 2.53. The molecule has 7 heteroatoms. The molecule has 0 unspecified atom stereocenters. The van der Waals surface area contributed by atoms with E-state index in [0.717, 1.165) is 12.8 Å². The molecule has 0 atom stereocenters. The van der Waals surface area contributed by atoms with Gasteiger partial charge in [0.2, 0.25) is 0 Å². The van der Waals surface area contributed by atoms with Gasteiger partial charge in [-0.05, 0) is 6.42 Å². The molecule has 0 N–H and O–H groups in total. The van der Waals surface area contributed by atoms with Gasteiger partial charge in [0.25, 0.3) is 5.56 Å². The second-order valence-electron chi connectivity index (χ2n) is 4.79. The third-order valence-electron chi connectivity index (χ3n) is 3.30. The van der Waals surface area contributed by atoms with E-state index >= 15 is 0 Å². The fourth-order valence-corrected chi connectivity index (χ4v) is 2.10. The fraction of sp³-hybridized carbons (Fsp3) is 0.615. The molecule has 0 aliphatic rings. The maximum absolute atomic E-state index is 12.3. The van der Waals surface area contributed by atoms with Crippen LogP contribution in [0, 0.1) is 0 Å². The van der Waals surface area contributed by atoms with Crippen molar-refractivity contribution >= 4 is 11.2 Å². The number of aryl methyl sites for hydroxylation is 2. The maximum atomic E-state index is 12.3. The quantitative estimate of drug-likeness (QED) is 0.711. The summed E-state index contributed by atoms with van der Waals surface area (Å²) in [7, 11) is 3.36. The lowest BCUT2D eigenvalue weighted by Gasteiger charge is -2.09. The molecule has 0 aromatic carbocycles. The highest BCUT2D eigenvalue weighted by Gasteiger charge is 2.14. The van der Waals surface area contributed by atoms with Crippen molar-refractivity contribution in [2.24, 2.45) is 14.1 Å². The zero-order valence-electron chi connectivity index (χ0n) is 12.1. The van der Waals surface area contributed by atoms with E-state index < -0.39 is 0 Å². The Hall–Kier alpha value is -1.89. The summed E-state index contributed by atoms with van der Waals surface area (Å²) in [6.45, 7) is 3.36. The van der Waals surface area contributed by atoms with Crippen LogP contribution in [-0.2, 0) is 25.4 Å². The standard InChI is InChI=1S/C13H20N4O3/c1-4-5-7-20-8-6-17-12(18)10-11(14-9-15(10)2)16(3)13(17)19/h9H,4-8H2,1-3H3. The van der Waals surface area contributed by atoms with E-state index in [0.29, 0.717) is 24.4 Å². The van der Waals surface area contributed by atoms with Crippen LogP contribution in [0.4, 0.5) is 0 Å². The van der Waals surface area contributed by atoms with Gasteiger partial charge in [0.05, 0.1) is 19.5 Å². The second-order valence-corrected chi connectivity index (χ2v) is 4.79. The van der Waals surface area contributed by atoms with Crippen molar-refractivity contribution in [2.45, 2.75) is 26.3 Å². The summed E-state index contributed by atoms with van der Waals surface area (Å²) >= 11 is 0. The molecule has 2 aromatic heterocycles. The van der Waals surface area contributed by atoms with Gasteiger partial charge in [-0.25, -0.2) is 9.78 Å². The first-order valence-corrected chi connectivity index (χ1v) is 6.76. The smallest absolute Gasteiger partial charge is 0.332 e. The van der Waals surface area contributed by atoms with Crippen molar-refractivity contribution in [3.63, 3.8) is 0 Å². The van der Waals surface area contributed by atoms with E-state index in [1.807, 2.05) is 0 Å². The molecule has 0 aliphatic heterocycles. The molecule has 0 fully saturated rings. The van der Waals surface area contributed by atoms with Crippen molar-refractivity contribution in [1.29, 1.82) is 0 Å². The predicted octanol–water partition coefficient (Wildman–Crippen LogP) is 0.250. The topological polar surface area (TPSA) is 71.1 Å². The van der Waals surface area contributed by atoms with Crippen molar-refractivity contribution in [3.8, 4) is 0 Å². The number of unbranched alkanes of at least 4 members (excludes halogenated alkanes) is 1. The zero-order valence-corrected chi connectivity index (χ0v) is 12.1. The Morgan fingerprint density at radius 2 is 2.00 bits per heavy atom. The molecular formula is C13H20N4O3. The number of aromatic nitrogens is 4. The van der Waals surface area contributed by atoms with E-state index in [-0.39, 0.29) is 17.8 Å². The largest absolute Gasteiger partial charge is 0.380 e. The Bertz CT molecular complexity index is 711. The van der Waals surface area contributed by atoms with Gasteiger partial charge >= 0.3 is 5.69 Å². The molecule has 2 aromatic rings. The second kappa shape index (κ2) is 6.04. The minimum Gasteiger partial charge on any atom is -0.380 e. The fourth-order valence-electron chi connectivity index (χ4n) is 2.10. The zero-order chi connectivity index (χ0) is 14.7. The van der Waals surface area contributed by atoms with Crippen LogP contribution in [0.3, 0.4) is 0 Å². The van der Waals surface area contributed by atoms with Crippen LogP contribution in [0.15, 0.2) is 15.9 Å². The summed E-state index contributed by atoms with van der Waals surface area (Å²) in [6, 6.07) is 0. The molecular weight excluding hydrogens is 260 g/mol. The average Bonchev–Trinajstić information content (AvgIpc) is 2.81. The molecule has 7 nitrogen and oxygen atoms in total. The lowest BCUT2D eigenvalue weighted by Crippen LogP contribution is -2.40. The van der Waals surface area contributed by atoms with Gasteiger partial charge in [0.15, 0.2) is 11.2 Å². The summed E-state index contributed by atoms with van der Waals surface area (Å²) in [5.41, 5.74) is 0.161. The van der Waals surface area contributed by atoms with Gasteiger partial charge in [0, 0.05) is 20.7 Å². The minimum absolute atomic E-state index is 0.260. The molecule has 110 valence electrons. The van der Waals surface area contributed by atoms with Crippen molar-refractivity contribution in [2.75, 3.05) is 13.2 Å². The lowest BCUT2D eigenvalue weighted by atomic mass is 10.4. The van der Waals surface area contributed by atoms with Crippen molar-refractivity contribution in [1.82, 2.24) is 18.7 Å². The molecule has 2 rings (SSSR count). The van der Waals surface area contributed by atoms with Crippen LogP contribution >= 0.6 is 0 Å². The highest BCUT2D eigenvalue weighted by molar-refractivity contribution is 5.69. The Balaban J connectivity index is 2.31. The third-order valence-corrected chi connectivity index (χ3v) is 3.30. The first-order valence-electron chi connectivity index (χ1n) is 6.76. The monoisotopic (exact) mass is 280 g/mol. The summed E-state index contributed by atoms with van der Waals surface area (Å²) in [4.78, 5) is 28.6. The molecule has 2 heterocycles. The lowest BCUT2D eigenvalue weighted by molar-refractivity contribution is 0.122. The van der Waals surface area contributed by atoms with Crippen LogP contribution < -0.4 is 11.2 Å². The Kier molecular flexibility index (Phi) is 4.39. The van der Waals surface area contributed by atoms with Crippen LogP contribution in [-0.4, -0.2) is 31.9 Å². The maximum Gasteiger partial charge on any atom is 0.332 e. The molecule has 0 spiro atoms. The normalized spacial score (nSPS) is 11.3. The van der Waals surface area contributed by atoms with Crippen LogP contribution in [0.25, 0.3) is 11.2 Å². The summed E-state index contributed by atoms with van der Waals surface area (Å²) < 4.78 is 9.65. The summed E-state index contributed by atoms with van der Waals surface area (Å²) in [5, 5.41) is 0. The number of hydrogen-bond donors (Lipinski definition) is 0. The Morgan fingerprint density at radius 3 is 2.70 bits per heavy atom.